The first-order chi connectivity index (χ1) is 12.7. The van der Waals surface area contributed by atoms with E-state index in [2.05, 4.69) is 0 Å². The largest absolute Gasteiger partial charge is 0.465 e. The predicted molar refractivity (Wildman–Crippen MR) is 99.6 cm³/mol. The number of furan rings is 1. The summed E-state index contributed by atoms with van der Waals surface area (Å²) in [4.78, 5) is 24.4. The Morgan fingerprint density at radius 2 is 1.58 bits per heavy atom. The molecular formula is C22H16O4. The number of allylic oxidation sites excluding steroid dienone is 1. The van der Waals surface area contributed by atoms with Crippen molar-refractivity contribution in [2.24, 2.45) is 0 Å². The standard InChI is InChI=1S/C22H16O4/c23-20(14-12-17-7-2-1-3-8-17)19-10-4-5-11-21(19)26-22(24)15-13-18-9-6-16-25-18/h1-16H/b14-12+,15-13+. The highest BCUT2D eigenvalue weighted by atomic mass is 16.5. The van der Waals surface area contributed by atoms with E-state index in [1.165, 1.54) is 24.5 Å². The molecule has 0 radical (unpaired) electrons. The number of rotatable bonds is 6. The first kappa shape index (κ1) is 17.2. The van der Waals surface area contributed by atoms with Gasteiger partial charge in [0.15, 0.2) is 5.78 Å². The van der Waals surface area contributed by atoms with Crippen molar-refractivity contribution in [2.45, 2.75) is 0 Å². The van der Waals surface area contributed by atoms with Crippen LogP contribution < -0.4 is 4.74 Å². The van der Waals surface area contributed by atoms with Crippen LogP contribution in [0, 0.1) is 0 Å². The fourth-order valence-corrected chi connectivity index (χ4v) is 2.26. The lowest BCUT2D eigenvalue weighted by Crippen LogP contribution is -2.07. The maximum absolute atomic E-state index is 12.5. The Morgan fingerprint density at radius 1 is 0.808 bits per heavy atom. The van der Waals surface area contributed by atoms with Crippen LogP contribution in [0.1, 0.15) is 21.7 Å². The summed E-state index contributed by atoms with van der Waals surface area (Å²) in [5, 5.41) is 0. The normalized spacial score (nSPS) is 11.1. The Labute approximate surface area is 151 Å². The lowest BCUT2D eigenvalue weighted by atomic mass is 10.1. The van der Waals surface area contributed by atoms with Crippen molar-refractivity contribution >= 4 is 23.9 Å². The highest BCUT2D eigenvalue weighted by Crippen LogP contribution is 2.20. The zero-order valence-corrected chi connectivity index (χ0v) is 13.9. The van der Waals surface area contributed by atoms with Crippen LogP contribution in [0.5, 0.6) is 5.75 Å². The lowest BCUT2D eigenvalue weighted by molar-refractivity contribution is -0.128. The second kappa shape index (κ2) is 8.44. The minimum atomic E-state index is -0.589. The van der Waals surface area contributed by atoms with Gasteiger partial charge < -0.3 is 9.15 Å². The minimum Gasteiger partial charge on any atom is -0.465 e. The summed E-state index contributed by atoms with van der Waals surface area (Å²) < 4.78 is 10.4. The third-order valence-corrected chi connectivity index (χ3v) is 3.52. The number of ketones is 1. The zero-order valence-electron chi connectivity index (χ0n) is 13.9. The molecule has 0 amide bonds. The minimum absolute atomic E-state index is 0.212. The lowest BCUT2D eigenvalue weighted by Gasteiger charge is -2.06. The van der Waals surface area contributed by atoms with E-state index in [1.54, 1.807) is 42.5 Å². The number of esters is 1. The molecule has 0 fully saturated rings. The monoisotopic (exact) mass is 344 g/mol. The highest BCUT2D eigenvalue weighted by molar-refractivity contribution is 6.09. The topological polar surface area (TPSA) is 56.5 Å². The predicted octanol–water partition coefficient (Wildman–Crippen LogP) is 4.79. The Morgan fingerprint density at radius 3 is 2.35 bits per heavy atom. The summed E-state index contributed by atoms with van der Waals surface area (Å²) in [7, 11) is 0. The van der Waals surface area contributed by atoms with Crippen molar-refractivity contribution in [1.29, 1.82) is 0 Å². The van der Waals surface area contributed by atoms with Gasteiger partial charge in [-0.05, 0) is 42.0 Å². The molecule has 0 spiro atoms. The van der Waals surface area contributed by atoms with Crippen LogP contribution in [0.15, 0.2) is 89.6 Å². The summed E-state index contributed by atoms with van der Waals surface area (Å²) in [6.45, 7) is 0. The molecule has 3 rings (SSSR count). The van der Waals surface area contributed by atoms with Gasteiger partial charge in [0.2, 0.25) is 0 Å². The van der Waals surface area contributed by atoms with E-state index in [0.717, 1.165) is 5.56 Å². The fraction of sp³-hybridized carbons (Fsp3) is 0. The molecule has 1 heterocycles. The van der Waals surface area contributed by atoms with Crippen molar-refractivity contribution in [3.05, 3.63) is 102 Å². The van der Waals surface area contributed by atoms with Crippen LogP contribution in [0.2, 0.25) is 0 Å². The van der Waals surface area contributed by atoms with E-state index < -0.39 is 5.97 Å². The molecule has 0 N–H and O–H groups in total. The summed E-state index contributed by atoms with van der Waals surface area (Å²) in [6, 6.07) is 19.6. The SMILES string of the molecule is O=C(/C=C/c1ccco1)Oc1ccccc1C(=O)/C=C/c1ccccc1. The van der Waals surface area contributed by atoms with Crippen LogP contribution in [-0.2, 0) is 4.79 Å². The Hall–Kier alpha value is -3.66. The third-order valence-electron chi connectivity index (χ3n) is 3.52. The van der Waals surface area contributed by atoms with Crippen LogP contribution in [0.25, 0.3) is 12.2 Å². The zero-order chi connectivity index (χ0) is 18.2. The molecule has 26 heavy (non-hydrogen) atoms. The van der Waals surface area contributed by atoms with Crippen LogP contribution in [0.3, 0.4) is 0 Å². The molecule has 0 saturated heterocycles. The molecule has 3 aromatic rings. The Balaban J connectivity index is 1.72. The molecule has 0 unspecified atom stereocenters. The molecule has 2 aromatic carbocycles. The van der Waals surface area contributed by atoms with Gasteiger partial charge in [-0.15, -0.1) is 0 Å². The number of benzene rings is 2. The quantitative estimate of drug-likeness (QED) is 0.279. The molecular weight excluding hydrogens is 328 g/mol. The summed E-state index contributed by atoms with van der Waals surface area (Å²) in [5.74, 6) is -0.0811. The number of hydrogen-bond acceptors (Lipinski definition) is 4. The van der Waals surface area contributed by atoms with E-state index in [-0.39, 0.29) is 11.5 Å². The average Bonchev–Trinajstić information content (AvgIpc) is 3.19. The molecule has 1 aromatic heterocycles. The van der Waals surface area contributed by atoms with Gasteiger partial charge in [0.1, 0.15) is 11.5 Å². The number of carbonyl (C=O) groups excluding carboxylic acids is 2. The Bertz CT molecular complexity index is 935. The fourth-order valence-electron chi connectivity index (χ4n) is 2.26. The average molecular weight is 344 g/mol. The van der Waals surface area contributed by atoms with Gasteiger partial charge >= 0.3 is 5.97 Å². The number of para-hydroxylation sites is 1. The summed E-state index contributed by atoms with van der Waals surface area (Å²) >= 11 is 0. The molecule has 4 heteroatoms. The number of carbonyl (C=O) groups is 2. The van der Waals surface area contributed by atoms with Gasteiger partial charge in [0.05, 0.1) is 11.8 Å². The van der Waals surface area contributed by atoms with Gasteiger partial charge in [-0.25, -0.2) is 4.79 Å². The summed E-state index contributed by atoms with van der Waals surface area (Å²) in [5.41, 5.74) is 1.23. The van der Waals surface area contributed by atoms with E-state index in [1.807, 2.05) is 30.3 Å². The molecule has 0 aliphatic heterocycles. The van der Waals surface area contributed by atoms with E-state index in [9.17, 15) is 9.59 Å². The first-order valence-corrected chi connectivity index (χ1v) is 8.02. The number of hydrogen-bond donors (Lipinski definition) is 0. The maximum Gasteiger partial charge on any atom is 0.336 e. The van der Waals surface area contributed by atoms with Crippen molar-refractivity contribution in [3.8, 4) is 5.75 Å². The molecule has 0 saturated carbocycles. The van der Waals surface area contributed by atoms with Gasteiger partial charge in [0.25, 0.3) is 0 Å². The number of ether oxygens (including phenoxy) is 1. The highest BCUT2D eigenvalue weighted by Gasteiger charge is 2.11. The smallest absolute Gasteiger partial charge is 0.336 e. The second-order valence-corrected chi connectivity index (χ2v) is 5.37. The molecule has 128 valence electrons. The second-order valence-electron chi connectivity index (χ2n) is 5.37. The third kappa shape index (κ3) is 4.68. The van der Waals surface area contributed by atoms with Crippen LogP contribution in [-0.4, -0.2) is 11.8 Å². The molecule has 0 aliphatic carbocycles. The van der Waals surface area contributed by atoms with E-state index in [0.29, 0.717) is 11.3 Å². The van der Waals surface area contributed by atoms with Crippen molar-refractivity contribution in [3.63, 3.8) is 0 Å². The summed E-state index contributed by atoms with van der Waals surface area (Å²) in [6.07, 6.45) is 7.44. The van der Waals surface area contributed by atoms with E-state index >= 15 is 0 Å². The Kier molecular flexibility index (Phi) is 5.58. The molecule has 4 nitrogen and oxygen atoms in total. The maximum atomic E-state index is 12.5. The van der Waals surface area contributed by atoms with Crippen LogP contribution >= 0.6 is 0 Å². The van der Waals surface area contributed by atoms with Crippen molar-refractivity contribution in [2.75, 3.05) is 0 Å². The first-order valence-electron chi connectivity index (χ1n) is 8.02. The van der Waals surface area contributed by atoms with Crippen LogP contribution in [0.4, 0.5) is 0 Å². The van der Waals surface area contributed by atoms with Crippen molar-refractivity contribution < 1.29 is 18.7 Å². The molecule has 0 atom stereocenters. The van der Waals surface area contributed by atoms with Gasteiger partial charge in [-0.2, -0.15) is 0 Å². The van der Waals surface area contributed by atoms with E-state index in [4.69, 9.17) is 9.15 Å². The van der Waals surface area contributed by atoms with Crippen molar-refractivity contribution in [1.82, 2.24) is 0 Å². The van der Waals surface area contributed by atoms with Gasteiger partial charge in [-0.3, -0.25) is 4.79 Å². The molecule has 0 aliphatic rings. The van der Waals surface area contributed by atoms with Gasteiger partial charge in [0, 0.05) is 6.08 Å². The van der Waals surface area contributed by atoms with Gasteiger partial charge in [-0.1, -0.05) is 48.5 Å². The molecule has 0 bridgehead atoms.